The van der Waals surface area contributed by atoms with Crippen LogP contribution in [0.2, 0.25) is 0 Å². The van der Waals surface area contributed by atoms with Gasteiger partial charge in [0.15, 0.2) is 23.1 Å². The van der Waals surface area contributed by atoms with Crippen LogP contribution in [0.1, 0.15) is 56.3 Å². The molecule has 0 radical (unpaired) electrons. The largest absolute Gasteiger partial charge is 0.490 e. The number of aliphatic carboxylic acids is 1. The fraction of sp³-hybridized carbons (Fsp3) is 0.389. The van der Waals surface area contributed by atoms with Crippen LogP contribution in [0.5, 0.6) is 5.75 Å². The molecule has 1 amide bonds. The van der Waals surface area contributed by atoms with Crippen molar-refractivity contribution in [2.45, 2.75) is 58.5 Å². The van der Waals surface area contributed by atoms with Gasteiger partial charge in [-0.25, -0.2) is 23.6 Å². The number of rotatable bonds is 14. The third-order valence-electron chi connectivity index (χ3n) is 7.38. The van der Waals surface area contributed by atoms with E-state index in [1.54, 1.807) is 51.1 Å². The lowest BCUT2D eigenvalue weighted by atomic mass is 10.00. The van der Waals surface area contributed by atoms with Crippen LogP contribution in [0.15, 0.2) is 63.9 Å². The lowest BCUT2D eigenvalue weighted by Gasteiger charge is -2.22. The van der Waals surface area contributed by atoms with E-state index in [0.29, 0.717) is 30.0 Å². The number of aromatic amines is 1. The molecular formula is C36H45BrF4N7O7+. The predicted molar refractivity (Wildman–Crippen MR) is 199 cm³/mol. The Morgan fingerprint density at radius 1 is 1.11 bits per heavy atom. The number of ether oxygens (including phenoxy) is 2. The summed E-state index contributed by atoms with van der Waals surface area (Å²) in [5, 5.41) is 17.9. The highest BCUT2D eigenvalue weighted by Gasteiger charge is 2.38. The van der Waals surface area contributed by atoms with Crippen molar-refractivity contribution in [2.75, 3.05) is 39.7 Å². The number of anilines is 1. The maximum atomic E-state index is 16.4. The van der Waals surface area contributed by atoms with Gasteiger partial charge in [-0.15, -0.1) is 5.10 Å². The fourth-order valence-corrected chi connectivity index (χ4v) is 5.21. The molecule has 0 saturated heterocycles. The van der Waals surface area contributed by atoms with Gasteiger partial charge in [0.1, 0.15) is 23.9 Å². The normalized spacial score (nSPS) is 12.1. The molecule has 14 nitrogen and oxygen atoms in total. The average molecular weight is 844 g/mol. The molecule has 3 aromatic carbocycles. The van der Waals surface area contributed by atoms with Crippen LogP contribution in [0.25, 0.3) is 5.69 Å². The Morgan fingerprint density at radius 3 is 2.38 bits per heavy atom. The lowest BCUT2D eigenvalue weighted by molar-refractivity contribution is -0.830. The summed E-state index contributed by atoms with van der Waals surface area (Å²) in [7, 11) is 5.35. The van der Waals surface area contributed by atoms with E-state index in [1.165, 1.54) is 17.3 Å². The van der Waals surface area contributed by atoms with Crippen molar-refractivity contribution in [1.29, 1.82) is 0 Å². The SMILES string of the molecule is CCc1cc(OCCN(C)C)c(F)c(C(Nc2ccc(Br)c(CNC(=O)OC(C)(C)C)c2)c2nn(-c3ccccc3[NH2+]OC)c(=O)[nH]2)c1.O=C(O)C(F)(F)F. The number of H-pyrrole nitrogens is 1. The van der Waals surface area contributed by atoms with Crippen LogP contribution in [0, 0.1) is 5.82 Å². The molecule has 6 N–H and O–H groups in total. The Balaban J connectivity index is 0.00000106. The van der Waals surface area contributed by atoms with Gasteiger partial charge < -0.3 is 30.1 Å². The summed E-state index contributed by atoms with van der Waals surface area (Å²) in [4.78, 5) is 44.7. The number of alkyl halides is 3. The van der Waals surface area contributed by atoms with Crippen LogP contribution in [-0.2, 0) is 27.3 Å². The number of carbonyl (C=O) groups excluding carboxylic acids is 1. The number of hydrogen-bond donors (Lipinski definition) is 5. The molecule has 0 saturated carbocycles. The first-order valence-corrected chi connectivity index (χ1v) is 17.6. The standard InChI is InChI=1S/C34H43BrFN7O5.C2HF3O2/c1-8-21-17-24(29(36)28(18-21)47-16-15-42(5)6)30(31-39-32(44)43(40-31)27-12-10-9-11-26(27)41-46-7)38-23-13-14-25(35)22(19-23)20-37-33(45)48-34(2,3)4;3-2(4,5)1(6)7/h9-14,17-19,30,38,41H,8,15-16,20H2,1-7H3,(H,37,45)(H,39,40,44);(H,6,7)/p+1. The number of quaternary nitrogens is 1. The number of nitrogens with two attached hydrogens (primary N) is 1. The Hall–Kier alpha value is -4.98. The van der Waals surface area contributed by atoms with Crippen molar-refractivity contribution >= 4 is 39.4 Å². The quantitative estimate of drug-likeness (QED) is 0.0612. The number of para-hydroxylation sites is 1. The Labute approximate surface area is 323 Å². The van der Waals surface area contributed by atoms with Crippen LogP contribution in [0.4, 0.5) is 33.7 Å². The van der Waals surface area contributed by atoms with E-state index in [2.05, 4.69) is 36.6 Å². The number of carboxylic acid groups (broad SMARTS) is 1. The van der Waals surface area contributed by atoms with Gasteiger partial charge in [-0.2, -0.15) is 23.3 Å². The van der Waals surface area contributed by atoms with Gasteiger partial charge >= 0.3 is 23.9 Å². The molecule has 1 unspecified atom stereocenters. The van der Waals surface area contributed by atoms with E-state index in [0.717, 1.165) is 15.6 Å². The van der Waals surface area contributed by atoms with Gasteiger partial charge in [0, 0.05) is 34.9 Å². The molecule has 1 aromatic heterocycles. The highest BCUT2D eigenvalue weighted by Crippen LogP contribution is 2.34. The Morgan fingerprint density at radius 2 is 1.78 bits per heavy atom. The fourth-order valence-electron chi connectivity index (χ4n) is 4.82. The number of carbonyl (C=O) groups is 2. The molecule has 19 heteroatoms. The third-order valence-corrected chi connectivity index (χ3v) is 8.16. The summed E-state index contributed by atoms with van der Waals surface area (Å²) < 4.78 is 61.4. The van der Waals surface area contributed by atoms with Gasteiger partial charge in [-0.3, -0.25) is 4.98 Å². The van der Waals surface area contributed by atoms with E-state index in [9.17, 15) is 22.8 Å². The molecule has 1 heterocycles. The second-order valence-corrected chi connectivity index (χ2v) is 14.0. The molecule has 0 fully saturated rings. The lowest BCUT2D eigenvalue weighted by Crippen LogP contribution is -2.76. The Bertz CT molecular complexity index is 1980. The second-order valence-electron chi connectivity index (χ2n) is 13.2. The first-order valence-electron chi connectivity index (χ1n) is 16.8. The molecule has 0 aliphatic carbocycles. The number of hydrogen-bond acceptors (Lipinski definition) is 9. The first-order chi connectivity index (χ1) is 25.7. The van der Waals surface area contributed by atoms with Crippen LogP contribution in [-0.4, -0.2) is 83.0 Å². The van der Waals surface area contributed by atoms with E-state index in [-0.39, 0.29) is 30.3 Å². The average Bonchev–Trinajstić information content (AvgIpc) is 3.48. The highest BCUT2D eigenvalue weighted by molar-refractivity contribution is 9.10. The highest BCUT2D eigenvalue weighted by atomic mass is 79.9. The topological polar surface area (TPSA) is 177 Å². The van der Waals surface area contributed by atoms with Crippen LogP contribution < -0.4 is 26.5 Å². The van der Waals surface area contributed by atoms with Crippen molar-refractivity contribution in [3.63, 3.8) is 0 Å². The monoisotopic (exact) mass is 842 g/mol. The van der Waals surface area contributed by atoms with Crippen molar-refractivity contribution in [3.8, 4) is 11.4 Å². The first kappa shape index (κ1) is 44.4. The summed E-state index contributed by atoms with van der Waals surface area (Å²) in [5.41, 5.74) is 3.89. The summed E-state index contributed by atoms with van der Waals surface area (Å²) >= 11 is 3.55. The number of halogens is 5. The molecule has 0 aliphatic rings. The zero-order valence-corrected chi connectivity index (χ0v) is 32.9. The smallest absolute Gasteiger partial charge is 0.489 e. The molecule has 0 spiro atoms. The summed E-state index contributed by atoms with van der Waals surface area (Å²) in [6.45, 7) is 8.39. The van der Waals surface area contributed by atoms with Gasteiger partial charge in [-0.1, -0.05) is 41.1 Å². The number of aromatic nitrogens is 3. The van der Waals surface area contributed by atoms with E-state index >= 15 is 4.39 Å². The predicted octanol–water partition coefficient (Wildman–Crippen LogP) is 5.58. The number of carboxylic acids is 1. The van der Waals surface area contributed by atoms with Gasteiger partial charge in [-0.05, 0) is 82.7 Å². The minimum absolute atomic E-state index is 0.109. The summed E-state index contributed by atoms with van der Waals surface area (Å²) in [6, 6.07) is 15.1. The van der Waals surface area contributed by atoms with E-state index in [1.807, 2.05) is 50.2 Å². The molecule has 55 heavy (non-hydrogen) atoms. The zero-order valence-electron chi connectivity index (χ0n) is 31.3. The van der Waals surface area contributed by atoms with E-state index < -0.39 is 41.4 Å². The summed E-state index contributed by atoms with van der Waals surface area (Å²) in [6.07, 6.45) is -5.02. The minimum Gasteiger partial charge on any atom is -0.489 e. The van der Waals surface area contributed by atoms with Gasteiger partial charge in [0.05, 0.1) is 7.11 Å². The molecule has 4 aromatic rings. The van der Waals surface area contributed by atoms with E-state index in [4.69, 9.17) is 24.2 Å². The molecule has 300 valence electrons. The van der Waals surface area contributed by atoms with Crippen LogP contribution >= 0.6 is 15.9 Å². The maximum Gasteiger partial charge on any atom is 0.490 e. The van der Waals surface area contributed by atoms with Crippen molar-refractivity contribution < 1.29 is 52.0 Å². The number of nitrogens with one attached hydrogen (secondary N) is 3. The number of amides is 1. The van der Waals surface area contributed by atoms with Crippen molar-refractivity contribution in [1.82, 2.24) is 25.0 Å². The van der Waals surface area contributed by atoms with Gasteiger partial charge in [0.2, 0.25) is 0 Å². The number of alkyl carbamates (subject to hydrolysis) is 1. The minimum atomic E-state index is -5.08. The molecule has 4 rings (SSSR count). The number of nitrogens with zero attached hydrogens (tertiary/aromatic N) is 3. The summed E-state index contributed by atoms with van der Waals surface area (Å²) in [5.74, 6) is -3.05. The number of likely N-dealkylation sites (N-methyl/N-ethyl adjacent to an activating group) is 1. The zero-order chi connectivity index (χ0) is 41.1. The van der Waals surface area contributed by atoms with Crippen molar-refractivity contribution in [3.05, 3.63) is 97.9 Å². The second kappa shape index (κ2) is 19.6. The number of benzene rings is 3. The van der Waals surface area contributed by atoms with Crippen LogP contribution in [0.3, 0.4) is 0 Å². The third kappa shape index (κ3) is 13.4. The molecule has 1 atom stereocenters. The van der Waals surface area contributed by atoms with Gasteiger partial charge in [0.25, 0.3) is 0 Å². The molecule has 0 aliphatic heterocycles. The van der Waals surface area contributed by atoms with Crippen molar-refractivity contribution in [2.24, 2.45) is 0 Å². The maximum absolute atomic E-state index is 16.4. The molecular weight excluding hydrogens is 798 g/mol. The Kier molecular flexibility index (Phi) is 15.8. The molecule has 0 bridgehead atoms. The number of aryl methyl sites for hydroxylation is 1.